The van der Waals surface area contributed by atoms with Gasteiger partial charge < -0.3 is 15.1 Å². The van der Waals surface area contributed by atoms with Crippen LogP contribution in [0.15, 0.2) is 18.2 Å². The molecule has 1 aromatic carbocycles. The number of benzene rings is 1. The number of piperazine rings is 1. The third kappa shape index (κ3) is 3.21. The Morgan fingerprint density at radius 1 is 1.36 bits per heavy atom. The van der Waals surface area contributed by atoms with Crippen LogP contribution in [-0.4, -0.2) is 42.0 Å². The van der Waals surface area contributed by atoms with Crippen LogP contribution in [-0.2, 0) is 4.79 Å². The number of urea groups is 1. The summed E-state index contributed by atoms with van der Waals surface area (Å²) in [5.74, 6) is -0.536. The first kappa shape index (κ1) is 16.3. The number of halogens is 1. The van der Waals surface area contributed by atoms with Crippen LogP contribution in [0.2, 0.25) is 0 Å². The van der Waals surface area contributed by atoms with E-state index < -0.39 is 6.04 Å². The predicted octanol–water partition coefficient (Wildman–Crippen LogP) is 2.29. The lowest BCUT2D eigenvalue weighted by molar-refractivity contribution is -0.124. The molecule has 120 valence electrons. The Bertz CT molecular complexity index is 589. The molecule has 0 unspecified atom stereocenters. The van der Waals surface area contributed by atoms with E-state index in [0.29, 0.717) is 24.3 Å². The molecule has 0 radical (unpaired) electrons. The highest BCUT2D eigenvalue weighted by Gasteiger charge is 2.35. The summed E-state index contributed by atoms with van der Waals surface area (Å²) in [5.41, 5.74) is 1.07. The molecule has 1 atom stereocenters. The number of rotatable bonds is 2. The van der Waals surface area contributed by atoms with Crippen molar-refractivity contribution in [3.8, 4) is 0 Å². The molecule has 0 aromatic heterocycles. The van der Waals surface area contributed by atoms with Crippen LogP contribution in [0, 0.1) is 12.7 Å². The van der Waals surface area contributed by atoms with Gasteiger partial charge in [0.2, 0.25) is 5.91 Å². The summed E-state index contributed by atoms with van der Waals surface area (Å²) in [4.78, 5) is 27.6. The lowest BCUT2D eigenvalue weighted by Crippen LogP contribution is -2.60. The zero-order valence-corrected chi connectivity index (χ0v) is 13.4. The Balaban J connectivity index is 2.15. The van der Waals surface area contributed by atoms with Gasteiger partial charge in [-0.1, -0.05) is 6.07 Å². The Hall–Kier alpha value is -2.11. The van der Waals surface area contributed by atoms with Crippen LogP contribution in [0.25, 0.3) is 0 Å². The molecule has 3 amide bonds. The van der Waals surface area contributed by atoms with Gasteiger partial charge in [-0.25, -0.2) is 9.18 Å². The number of anilines is 1. The van der Waals surface area contributed by atoms with Gasteiger partial charge in [-0.2, -0.15) is 0 Å². The van der Waals surface area contributed by atoms with E-state index in [1.807, 2.05) is 13.8 Å². The Morgan fingerprint density at radius 3 is 2.64 bits per heavy atom. The molecule has 0 aliphatic carbocycles. The zero-order valence-electron chi connectivity index (χ0n) is 13.4. The highest BCUT2D eigenvalue weighted by atomic mass is 19.1. The van der Waals surface area contributed by atoms with Crippen molar-refractivity contribution in [2.24, 2.45) is 0 Å². The minimum atomic E-state index is -0.572. The maximum Gasteiger partial charge on any atom is 0.318 e. The molecular weight excluding hydrogens is 285 g/mol. The third-order valence-corrected chi connectivity index (χ3v) is 3.80. The fraction of sp³-hybridized carbons (Fsp3) is 0.500. The first-order chi connectivity index (χ1) is 10.3. The average Bonchev–Trinajstić information content (AvgIpc) is 2.44. The molecule has 1 aliphatic heterocycles. The van der Waals surface area contributed by atoms with E-state index in [9.17, 15) is 14.0 Å². The van der Waals surface area contributed by atoms with Gasteiger partial charge in [-0.05, 0) is 45.4 Å². The second-order valence-corrected chi connectivity index (χ2v) is 5.90. The predicted molar refractivity (Wildman–Crippen MR) is 83.3 cm³/mol. The van der Waals surface area contributed by atoms with Gasteiger partial charge in [0.25, 0.3) is 0 Å². The summed E-state index contributed by atoms with van der Waals surface area (Å²) < 4.78 is 13.7. The molecule has 0 saturated carbocycles. The smallest absolute Gasteiger partial charge is 0.318 e. The van der Waals surface area contributed by atoms with Crippen molar-refractivity contribution < 1.29 is 14.0 Å². The van der Waals surface area contributed by atoms with E-state index in [2.05, 4.69) is 5.32 Å². The molecule has 1 saturated heterocycles. The third-order valence-electron chi connectivity index (χ3n) is 3.80. The van der Waals surface area contributed by atoms with Crippen LogP contribution in [0.4, 0.5) is 14.9 Å². The lowest BCUT2D eigenvalue weighted by Gasteiger charge is -2.39. The number of hydrogen-bond acceptors (Lipinski definition) is 2. The van der Waals surface area contributed by atoms with Crippen molar-refractivity contribution in [3.63, 3.8) is 0 Å². The van der Waals surface area contributed by atoms with Crippen LogP contribution < -0.4 is 10.2 Å². The van der Waals surface area contributed by atoms with E-state index in [1.54, 1.807) is 26.0 Å². The second kappa shape index (κ2) is 6.34. The van der Waals surface area contributed by atoms with Crippen molar-refractivity contribution in [1.82, 2.24) is 10.2 Å². The quantitative estimate of drug-likeness (QED) is 0.911. The summed E-state index contributed by atoms with van der Waals surface area (Å²) in [5, 5.41) is 2.79. The summed E-state index contributed by atoms with van der Waals surface area (Å²) in [7, 11) is 0. The Labute approximate surface area is 130 Å². The second-order valence-electron chi connectivity index (χ2n) is 5.90. The van der Waals surface area contributed by atoms with Crippen LogP contribution in [0.1, 0.15) is 26.3 Å². The molecule has 0 bridgehead atoms. The van der Waals surface area contributed by atoms with Crippen molar-refractivity contribution in [1.29, 1.82) is 0 Å². The number of amides is 3. The standard InChI is InChI=1S/C16H22FN3O2/c1-10(2)18-16(22)19-7-8-20(15(21)12(19)4)13-6-5-11(3)14(17)9-13/h5-6,9-10,12H,7-8H2,1-4H3,(H,18,22)/t12-/m1/s1. The first-order valence-corrected chi connectivity index (χ1v) is 7.46. The summed E-state index contributed by atoms with van der Waals surface area (Å²) in [6.07, 6.45) is 0. The summed E-state index contributed by atoms with van der Waals surface area (Å²) in [6, 6.07) is 3.94. The minimum Gasteiger partial charge on any atom is -0.336 e. The van der Waals surface area contributed by atoms with Crippen molar-refractivity contribution in [3.05, 3.63) is 29.6 Å². The molecule has 2 rings (SSSR count). The topological polar surface area (TPSA) is 52.6 Å². The normalized spacial score (nSPS) is 18.8. The molecule has 1 aromatic rings. The summed E-state index contributed by atoms with van der Waals surface area (Å²) >= 11 is 0. The van der Waals surface area contributed by atoms with E-state index in [0.717, 1.165) is 0 Å². The Kier molecular flexibility index (Phi) is 4.68. The number of nitrogens with zero attached hydrogens (tertiary/aromatic N) is 2. The van der Waals surface area contributed by atoms with E-state index >= 15 is 0 Å². The molecule has 5 nitrogen and oxygen atoms in total. The lowest BCUT2D eigenvalue weighted by atomic mass is 10.1. The number of carbonyl (C=O) groups excluding carboxylic acids is 2. The molecular formula is C16H22FN3O2. The summed E-state index contributed by atoms with van der Waals surface area (Å²) in [6.45, 7) is 7.89. The molecule has 1 N–H and O–H groups in total. The highest BCUT2D eigenvalue weighted by molar-refractivity contribution is 6.00. The van der Waals surface area contributed by atoms with Gasteiger partial charge in [0.1, 0.15) is 11.9 Å². The largest absolute Gasteiger partial charge is 0.336 e. The van der Waals surface area contributed by atoms with Crippen LogP contribution in [0.5, 0.6) is 0 Å². The van der Waals surface area contributed by atoms with Crippen LogP contribution >= 0.6 is 0 Å². The highest BCUT2D eigenvalue weighted by Crippen LogP contribution is 2.22. The van der Waals surface area contributed by atoms with Gasteiger partial charge in [0.15, 0.2) is 0 Å². The number of carbonyl (C=O) groups is 2. The van der Waals surface area contributed by atoms with E-state index in [1.165, 1.54) is 15.9 Å². The van der Waals surface area contributed by atoms with Crippen molar-refractivity contribution in [2.45, 2.75) is 39.8 Å². The average molecular weight is 307 g/mol. The number of hydrogen-bond donors (Lipinski definition) is 1. The Morgan fingerprint density at radius 2 is 2.05 bits per heavy atom. The van der Waals surface area contributed by atoms with Crippen molar-refractivity contribution >= 4 is 17.6 Å². The fourth-order valence-electron chi connectivity index (χ4n) is 2.48. The van der Waals surface area contributed by atoms with Gasteiger partial charge in [0, 0.05) is 24.8 Å². The maximum absolute atomic E-state index is 13.7. The van der Waals surface area contributed by atoms with Gasteiger partial charge in [0.05, 0.1) is 0 Å². The van der Waals surface area contributed by atoms with Crippen LogP contribution in [0.3, 0.4) is 0 Å². The molecule has 1 fully saturated rings. The van der Waals surface area contributed by atoms with Gasteiger partial charge in [-0.15, -0.1) is 0 Å². The minimum absolute atomic E-state index is 0.0130. The fourth-order valence-corrected chi connectivity index (χ4v) is 2.48. The molecule has 1 heterocycles. The molecule has 0 spiro atoms. The van der Waals surface area contributed by atoms with Gasteiger partial charge in [-0.3, -0.25) is 4.79 Å². The molecule has 6 heteroatoms. The number of aryl methyl sites for hydroxylation is 1. The molecule has 22 heavy (non-hydrogen) atoms. The zero-order chi connectivity index (χ0) is 16.4. The SMILES string of the molecule is Cc1ccc(N2CCN(C(=O)NC(C)C)[C@H](C)C2=O)cc1F. The monoisotopic (exact) mass is 307 g/mol. The maximum atomic E-state index is 13.7. The van der Waals surface area contributed by atoms with Crippen molar-refractivity contribution in [2.75, 3.05) is 18.0 Å². The van der Waals surface area contributed by atoms with E-state index in [-0.39, 0.29) is 23.8 Å². The number of nitrogens with one attached hydrogen (secondary N) is 1. The molecule has 1 aliphatic rings. The van der Waals surface area contributed by atoms with Gasteiger partial charge >= 0.3 is 6.03 Å². The first-order valence-electron chi connectivity index (χ1n) is 7.46. The van der Waals surface area contributed by atoms with E-state index in [4.69, 9.17) is 0 Å².